The Balaban J connectivity index is 1.56. The normalized spacial score (nSPS) is 14.4. The van der Waals surface area contributed by atoms with Crippen LogP contribution in [0.15, 0.2) is 36.0 Å². The van der Waals surface area contributed by atoms with Crippen molar-refractivity contribution in [2.45, 2.75) is 34.2 Å². The predicted molar refractivity (Wildman–Crippen MR) is 126 cm³/mol. The smallest absolute Gasteiger partial charge is 0.349 e. The van der Waals surface area contributed by atoms with E-state index in [4.69, 9.17) is 4.74 Å². The maximum absolute atomic E-state index is 12.5. The van der Waals surface area contributed by atoms with Crippen LogP contribution in [0.4, 0.5) is 5.82 Å². The van der Waals surface area contributed by atoms with Gasteiger partial charge in [0.05, 0.1) is 0 Å². The molecule has 3 heterocycles. The number of piperazine rings is 1. The summed E-state index contributed by atoms with van der Waals surface area (Å²) in [6.07, 6.45) is 3.28. The van der Waals surface area contributed by atoms with Crippen molar-refractivity contribution in [2.24, 2.45) is 5.92 Å². The monoisotopic (exact) mass is 449 g/mol. The molecule has 1 aliphatic heterocycles. The van der Waals surface area contributed by atoms with Crippen LogP contribution in [0.3, 0.4) is 0 Å². The lowest BCUT2D eigenvalue weighted by Crippen LogP contribution is -2.50. The summed E-state index contributed by atoms with van der Waals surface area (Å²) in [6, 6.07) is 9.60. The van der Waals surface area contributed by atoms with Gasteiger partial charge < -0.3 is 19.1 Å². The second-order valence-electron chi connectivity index (χ2n) is 8.63. The van der Waals surface area contributed by atoms with Gasteiger partial charge in [-0.15, -0.1) is 0 Å². The highest BCUT2D eigenvalue weighted by Gasteiger charge is 2.23. The molecule has 2 aromatic heterocycles. The molecule has 0 bridgehead atoms. The van der Waals surface area contributed by atoms with Crippen molar-refractivity contribution in [3.8, 4) is 6.07 Å². The Labute approximate surface area is 195 Å². The number of aryl methyl sites for hydroxylation is 1. The van der Waals surface area contributed by atoms with E-state index in [9.17, 15) is 14.9 Å². The number of nitrogens with zero attached hydrogens (tertiary/aromatic N) is 5. The minimum atomic E-state index is -0.786. The molecule has 1 fully saturated rings. The van der Waals surface area contributed by atoms with Crippen molar-refractivity contribution in [1.29, 1.82) is 5.26 Å². The summed E-state index contributed by atoms with van der Waals surface area (Å²) in [6.45, 7) is 11.1. The summed E-state index contributed by atoms with van der Waals surface area (Å²) in [7, 11) is 0. The van der Waals surface area contributed by atoms with Crippen molar-refractivity contribution in [3.05, 3.63) is 53.0 Å². The molecule has 0 unspecified atom stereocenters. The van der Waals surface area contributed by atoms with Gasteiger partial charge in [-0.1, -0.05) is 19.9 Å². The highest BCUT2D eigenvalue weighted by atomic mass is 16.5. The van der Waals surface area contributed by atoms with Gasteiger partial charge in [0.2, 0.25) is 0 Å². The van der Waals surface area contributed by atoms with Crippen LogP contribution < -0.4 is 4.90 Å². The van der Waals surface area contributed by atoms with Crippen LogP contribution >= 0.6 is 0 Å². The van der Waals surface area contributed by atoms with E-state index < -0.39 is 5.97 Å². The molecular formula is C25H31N5O3. The number of hydrogen-bond acceptors (Lipinski definition) is 6. The first-order valence-electron chi connectivity index (χ1n) is 11.2. The third kappa shape index (κ3) is 6.01. The average molecular weight is 450 g/mol. The fraction of sp³-hybridized carbons (Fsp3) is 0.440. The summed E-state index contributed by atoms with van der Waals surface area (Å²) >= 11 is 0. The van der Waals surface area contributed by atoms with Crippen LogP contribution in [0.1, 0.15) is 30.8 Å². The number of nitriles is 1. The molecule has 0 radical (unpaired) electrons. The standard InChI is InChI=1S/C25H31N5O3/c1-18(2)16-30-19(3)13-21(20(30)4)14-22(15-26)25(32)33-17-24(31)29-11-9-28(10-12-29)23-7-5-6-8-27-23/h5-8,13-14,18H,9-12,16-17H2,1-4H3/b22-14-. The van der Waals surface area contributed by atoms with Gasteiger partial charge in [-0.25, -0.2) is 9.78 Å². The number of anilines is 1. The molecular weight excluding hydrogens is 418 g/mol. The van der Waals surface area contributed by atoms with Crippen molar-refractivity contribution in [1.82, 2.24) is 14.5 Å². The Morgan fingerprint density at radius 2 is 1.94 bits per heavy atom. The van der Waals surface area contributed by atoms with E-state index in [0.717, 1.165) is 29.3 Å². The number of rotatable bonds is 7. The zero-order valence-corrected chi connectivity index (χ0v) is 19.7. The van der Waals surface area contributed by atoms with E-state index in [0.29, 0.717) is 32.1 Å². The van der Waals surface area contributed by atoms with Crippen LogP contribution in [-0.4, -0.2) is 59.1 Å². The Morgan fingerprint density at radius 1 is 1.21 bits per heavy atom. The fourth-order valence-electron chi connectivity index (χ4n) is 3.93. The molecule has 174 valence electrons. The summed E-state index contributed by atoms with van der Waals surface area (Å²) in [5.74, 6) is 0.305. The molecule has 0 aliphatic carbocycles. The lowest BCUT2D eigenvalue weighted by atomic mass is 10.1. The third-order valence-corrected chi connectivity index (χ3v) is 5.73. The fourth-order valence-corrected chi connectivity index (χ4v) is 3.93. The Bertz CT molecular complexity index is 1060. The van der Waals surface area contributed by atoms with Crippen LogP contribution in [0.25, 0.3) is 6.08 Å². The number of carbonyl (C=O) groups is 2. The average Bonchev–Trinajstić information content (AvgIpc) is 3.08. The van der Waals surface area contributed by atoms with Crippen molar-refractivity contribution < 1.29 is 14.3 Å². The van der Waals surface area contributed by atoms with Gasteiger partial charge >= 0.3 is 5.97 Å². The SMILES string of the molecule is Cc1cc(/C=C(/C#N)C(=O)OCC(=O)N2CCN(c3ccccn3)CC2)c(C)n1CC(C)C. The van der Waals surface area contributed by atoms with Gasteiger partial charge in [0.25, 0.3) is 5.91 Å². The Kier molecular flexibility index (Phi) is 7.88. The third-order valence-electron chi connectivity index (χ3n) is 5.73. The maximum atomic E-state index is 12.5. The van der Waals surface area contributed by atoms with Gasteiger partial charge in [0, 0.05) is 50.3 Å². The van der Waals surface area contributed by atoms with Crippen molar-refractivity contribution in [2.75, 3.05) is 37.7 Å². The highest BCUT2D eigenvalue weighted by molar-refractivity contribution is 5.99. The zero-order chi connectivity index (χ0) is 24.0. The lowest BCUT2D eigenvalue weighted by Gasteiger charge is -2.35. The number of ether oxygens (including phenoxy) is 1. The van der Waals surface area contributed by atoms with Gasteiger partial charge in [-0.3, -0.25) is 4.79 Å². The number of carbonyl (C=O) groups excluding carboxylic acids is 2. The van der Waals surface area contributed by atoms with Crippen molar-refractivity contribution in [3.63, 3.8) is 0 Å². The van der Waals surface area contributed by atoms with Gasteiger partial charge in [-0.2, -0.15) is 5.26 Å². The summed E-state index contributed by atoms with van der Waals surface area (Å²) in [4.78, 5) is 33.1. The number of hydrogen-bond donors (Lipinski definition) is 0. The minimum absolute atomic E-state index is 0.118. The topological polar surface area (TPSA) is 91.5 Å². The number of aromatic nitrogens is 2. The van der Waals surface area contributed by atoms with Gasteiger partial charge in [0.1, 0.15) is 17.5 Å². The van der Waals surface area contributed by atoms with Crippen LogP contribution in [0, 0.1) is 31.1 Å². The molecule has 1 amide bonds. The van der Waals surface area contributed by atoms with Crippen LogP contribution in [-0.2, 0) is 20.9 Å². The maximum Gasteiger partial charge on any atom is 0.349 e. The molecule has 0 saturated carbocycles. The van der Waals surface area contributed by atoms with E-state index in [1.807, 2.05) is 44.2 Å². The number of pyridine rings is 1. The predicted octanol–water partition coefficient (Wildman–Crippen LogP) is 2.95. The molecule has 8 heteroatoms. The molecule has 1 aliphatic rings. The number of esters is 1. The first kappa shape index (κ1) is 24.1. The first-order valence-corrected chi connectivity index (χ1v) is 11.2. The highest BCUT2D eigenvalue weighted by Crippen LogP contribution is 2.20. The first-order chi connectivity index (χ1) is 15.8. The number of amides is 1. The Hall–Kier alpha value is -3.60. The molecule has 2 aromatic rings. The summed E-state index contributed by atoms with van der Waals surface area (Å²) in [5.41, 5.74) is 2.74. The van der Waals surface area contributed by atoms with E-state index in [1.54, 1.807) is 11.1 Å². The molecule has 0 spiro atoms. The van der Waals surface area contributed by atoms with E-state index in [2.05, 4.69) is 28.3 Å². The Morgan fingerprint density at radius 3 is 2.55 bits per heavy atom. The van der Waals surface area contributed by atoms with E-state index in [1.165, 1.54) is 6.08 Å². The van der Waals surface area contributed by atoms with Gasteiger partial charge in [0.15, 0.2) is 6.61 Å². The van der Waals surface area contributed by atoms with Crippen LogP contribution in [0.5, 0.6) is 0 Å². The van der Waals surface area contributed by atoms with Crippen LogP contribution in [0.2, 0.25) is 0 Å². The molecule has 1 saturated heterocycles. The van der Waals surface area contributed by atoms with E-state index >= 15 is 0 Å². The lowest BCUT2D eigenvalue weighted by molar-refractivity contribution is -0.148. The molecule has 3 rings (SSSR count). The zero-order valence-electron chi connectivity index (χ0n) is 19.7. The molecule has 0 atom stereocenters. The molecule has 0 N–H and O–H groups in total. The largest absolute Gasteiger partial charge is 0.451 e. The minimum Gasteiger partial charge on any atom is -0.451 e. The van der Waals surface area contributed by atoms with Gasteiger partial charge in [-0.05, 0) is 49.6 Å². The summed E-state index contributed by atoms with van der Waals surface area (Å²) < 4.78 is 7.35. The molecule has 0 aromatic carbocycles. The quantitative estimate of drug-likeness (QED) is 0.367. The molecule has 8 nitrogen and oxygen atoms in total. The van der Waals surface area contributed by atoms with E-state index in [-0.39, 0.29) is 18.1 Å². The van der Waals surface area contributed by atoms with Crippen molar-refractivity contribution >= 4 is 23.8 Å². The molecule has 33 heavy (non-hydrogen) atoms. The second kappa shape index (κ2) is 10.8. The summed E-state index contributed by atoms with van der Waals surface area (Å²) in [5, 5.41) is 9.49. The second-order valence-corrected chi connectivity index (χ2v) is 8.63.